The van der Waals surface area contributed by atoms with E-state index in [1.807, 2.05) is 48.5 Å². The number of fused-ring (bicyclic) bond motifs is 1. The van der Waals surface area contributed by atoms with Gasteiger partial charge in [0.25, 0.3) is 10.0 Å². The molecule has 2 aliphatic rings. The first-order chi connectivity index (χ1) is 16.4. The van der Waals surface area contributed by atoms with Gasteiger partial charge in [-0.1, -0.05) is 74.0 Å². The Kier molecular flexibility index (Phi) is 5.72. The summed E-state index contributed by atoms with van der Waals surface area (Å²) in [6.07, 6.45) is 2.40. The number of hydrogen-bond acceptors (Lipinski definition) is 4. The number of β-lactam (4-membered cyclic amide) rings is 1. The minimum atomic E-state index is -4.05. The Bertz CT molecular complexity index is 1280. The number of amides is 1. The summed E-state index contributed by atoms with van der Waals surface area (Å²) in [6.45, 7) is 2.12. The number of methoxy groups -OCH3 is 1. The van der Waals surface area contributed by atoms with Crippen molar-refractivity contribution >= 4 is 15.9 Å². The Morgan fingerprint density at radius 2 is 1.56 bits per heavy atom. The fourth-order valence-electron chi connectivity index (χ4n) is 6.15. The second-order valence-electron chi connectivity index (χ2n) is 9.22. The maximum absolute atomic E-state index is 13.9. The summed E-state index contributed by atoms with van der Waals surface area (Å²) in [4.78, 5) is 13.9. The van der Waals surface area contributed by atoms with Gasteiger partial charge in [-0.25, -0.2) is 12.7 Å². The third-order valence-corrected chi connectivity index (χ3v) is 9.39. The molecule has 0 N–H and O–H groups in total. The molecule has 1 aliphatic heterocycles. The Balaban J connectivity index is 1.66. The summed E-state index contributed by atoms with van der Waals surface area (Å²) in [5.74, 6) is 0.0935. The molecule has 1 heterocycles. The molecular weight excluding hydrogens is 446 g/mol. The van der Waals surface area contributed by atoms with Crippen molar-refractivity contribution in [2.75, 3.05) is 7.11 Å². The van der Waals surface area contributed by atoms with Crippen LogP contribution in [0.15, 0.2) is 89.8 Å². The van der Waals surface area contributed by atoms with E-state index in [-0.39, 0.29) is 28.6 Å². The molecule has 0 radical (unpaired) electrons. The van der Waals surface area contributed by atoms with Crippen LogP contribution in [0.25, 0.3) is 0 Å². The lowest BCUT2D eigenvalue weighted by molar-refractivity contribution is -0.158. The van der Waals surface area contributed by atoms with Crippen molar-refractivity contribution in [1.29, 1.82) is 0 Å². The largest absolute Gasteiger partial charge is 0.497 e. The zero-order chi connectivity index (χ0) is 23.9. The molecule has 1 amide bonds. The van der Waals surface area contributed by atoms with Crippen LogP contribution >= 0.6 is 0 Å². The lowest BCUT2D eigenvalue weighted by atomic mass is 9.69. The average Bonchev–Trinajstić information content (AvgIpc) is 3.15. The van der Waals surface area contributed by atoms with Crippen LogP contribution in [-0.2, 0) is 20.4 Å². The predicted octanol–water partition coefficient (Wildman–Crippen LogP) is 5.34. The highest BCUT2D eigenvalue weighted by Crippen LogP contribution is 2.65. The van der Waals surface area contributed by atoms with Gasteiger partial charge >= 0.3 is 0 Å². The summed E-state index contributed by atoms with van der Waals surface area (Å²) in [7, 11) is -2.52. The van der Waals surface area contributed by atoms with Gasteiger partial charge < -0.3 is 4.74 Å². The molecule has 5 nitrogen and oxygen atoms in total. The SMILES string of the molecule is CCC[C@@H]1[C@H](c2ccccc2)C[C@]2(c3ccccc3)[C@H]1C(=O)N2S(=O)(=O)c1ccc(OC)cc1. The molecule has 34 heavy (non-hydrogen) atoms. The third kappa shape index (κ3) is 3.27. The van der Waals surface area contributed by atoms with E-state index in [4.69, 9.17) is 4.74 Å². The van der Waals surface area contributed by atoms with Gasteiger partial charge in [-0.15, -0.1) is 0 Å². The van der Waals surface area contributed by atoms with Crippen LogP contribution < -0.4 is 4.74 Å². The monoisotopic (exact) mass is 475 g/mol. The van der Waals surface area contributed by atoms with Gasteiger partial charge in [0.1, 0.15) is 5.75 Å². The van der Waals surface area contributed by atoms with Gasteiger partial charge in [0, 0.05) is 0 Å². The van der Waals surface area contributed by atoms with E-state index < -0.39 is 15.6 Å². The summed E-state index contributed by atoms with van der Waals surface area (Å²) < 4.78 is 34.2. The lowest BCUT2D eigenvalue weighted by Gasteiger charge is -2.54. The van der Waals surface area contributed by atoms with Crippen molar-refractivity contribution in [3.8, 4) is 5.75 Å². The molecule has 3 aromatic carbocycles. The number of hydrogen-bond donors (Lipinski definition) is 0. The molecule has 0 unspecified atom stereocenters. The van der Waals surface area contributed by atoms with E-state index in [1.54, 1.807) is 12.1 Å². The van der Waals surface area contributed by atoms with Gasteiger partial charge in [-0.05, 0) is 60.1 Å². The first kappa shape index (κ1) is 22.7. The molecule has 5 rings (SSSR count). The number of carbonyl (C=O) groups is 1. The maximum Gasteiger partial charge on any atom is 0.267 e. The molecule has 0 bridgehead atoms. The molecule has 0 aromatic heterocycles. The van der Waals surface area contributed by atoms with Crippen LogP contribution in [0, 0.1) is 11.8 Å². The zero-order valence-corrected chi connectivity index (χ0v) is 20.2. The van der Waals surface area contributed by atoms with Crippen LogP contribution in [0.2, 0.25) is 0 Å². The molecule has 2 fully saturated rings. The molecule has 0 spiro atoms. The number of benzene rings is 3. The van der Waals surface area contributed by atoms with Crippen molar-refractivity contribution < 1.29 is 17.9 Å². The molecule has 6 heteroatoms. The minimum Gasteiger partial charge on any atom is -0.497 e. The fraction of sp³-hybridized carbons (Fsp3) is 0.321. The number of nitrogens with zero attached hydrogens (tertiary/aromatic N) is 1. The van der Waals surface area contributed by atoms with E-state index in [9.17, 15) is 13.2 Å². The molecule has 1 saturated carbocycles. The van der Waals surface area contributed by atoms with E-state index >= 15 is 0 Å². The van der Waals surface area contributed by atoms with Crippen LogP contribution in [0.5, 0.6) is 5.75 Å². The summed E-state index contributed by atoms with van der Waals surface area (Å²) >= 11 is 0. The highest BCUT2D eigenvalue weighted by Gasteiger charge is 2.72. The third-order valence-electron chi connectivity index (χ3n) is 7.54. The van der Waals surface area contributed by atoms with E-state index in [1.165, 1.54) is 29.1 Å². The van der Waals surface area contributed by atoms with Gasteiger partial charge in [-0.2, -0.15) is 0 Å². The van der Waals surface area contributed by atoms with Gasteiger partial charge in [0.05, 0.1) is 23.5 Å². The van der Waals surface area contributed by atoms with Gasteiger partial charge in [-0.3, -0.25) is 4.79 Å². The fourth-order valence-corrected chi connectivity index (χ4v) is 7.91. The van der Waals surface area contributed by atoms with Crippen molar-refractivity contribution in [1.82, 2.24) is 4.31 Å². The van der Waals surface area contributed by atoms with E-state index in [2.05, 4.69) is 19.1 Å². The predicted molar refractivity (Wildman–Crippen MR) is 131 cm³/mol. The van der Waals surface area contributed by atoms with Crippen molar-refractivity contribution in [2.24, 2.45) is 11.8 Å². The van der Waals surface area contributed by atoms with Crippen molar-refractivity contribution in [3.63, 3.8) is 0 Å². The highest BCUT2D eigenvalue weighted by atomic mass is 32.2. The smallest absolute Gasteiger partial charge is 0.267 e. The Morgan fingerprint density at radius 3 is 2.15 bits per heavy atom. The first-order valence-corrected chi connectivity index (χ1v) is 13.2. The first-order valence-electron chi connectivity index (χ1n) is 11.8. The van der Waals surface area contributed by atoms with Gasteiger partial charge in [0.2, 0.25) is 5.91 Å². The second-order valence-corrected chi connectivity index (χ2v) is 11.0. The van der Waals surface area contributed by atoms with E-state index in [0.29, 0.717) is 12.2 Å². The molecule has 3 aromatic rings. The Labute approximate surface area is 201 Å². The topological polar surface area (TPSA) is 63.7 Å². The highest BCUT2D eigenvalue weighted by molar-refractivity contribution is 7.89. The lowest BCUT2D eigenvalue weighted by Crippen LogP contribution is -2.69. The summed E-state index contributed by atoms with van der Waals surface area (Å²) in [5.41, 5.74) is 1.16. The van der Waals surface area contributed by atoms with Crippen LogP contribution in [0.3, 0.4) is 0 Å². The molecule has 4 atom stereocenters. The van der Waals surface area contributed by atoms with Crippen molar-refractivity contribution in [3.05, 3.63) is 96.1 Å². The number of ether oxygens (including phenoxy) is 1. The Hall–Kier alpha value is -3.12. The quantitative estimate of drug-likeness (QED) is 0.433. The van der Waals surface area contributed by atoms with Crippen LogP contribution in [-0.4, -0.2) is 25.7 Å². The molecular formula is C28H29NO4S. The summed E-state index contributed by atoms with van der Waals surface area (Å²) in [6, 6.07) is 26.2. The standard InChI is InChI=1S/C28H29NO4S/c1-3-10-24-25(20-11-6-4-7-12-20)19-28(21-13-8-5-9-14-21)26(24)27(30)29(28)34(31,32)23-17-15-22(33-2)16-18-23/h4-9,11-18,24-26H,3,10,19H2,1-2H3/t24-,25+,26-,28+/m1/s1. The van der Waals surface area contributed by atoms with Crippen molar-refractivity contribution in [2.45, 2.75) is 42.5 Å². The number of rotatable bonds is 7. The number of carbonyl (C=O) groups excluding carboxylic acids is 1. The number of sulfonamides is 1. The van der Waals surface area contributed by atoms with Crippen LogP contribution in [0.4, 0.5) is 0 Å². The molecule has 1 saturated heterocycles. The van der Waals surface area contributed by atoms with Gasteiger partial charge in [0.15, 0.2) is 0 Å². The van der Waals surface area contributed by atoms with Crippen LogP contribution in [0.1, 0.15) is 43.2 Å². The maximum atomic E-state index is 13.9. The second kappa shape index (κ2) is 8.58. The minimum absolute atomic E-state index is 0.0856. The normalized spacial score (nSPS) is 26.1. The average molecular weight is 476 g/mol. The molecule has 176 valence electrons. The summed E-state index contributed by atoms with van der Waals surface area (Å²) in [5, 5.41) is 0. The van der Waals surface area contributed by atoms with E-state index in [0.717, 1.165) is 18.4 Å². The molecule has 1 aliphatic carbocycles. The Morgan fingerprint density at radius 1 is 0.941 bits per heavy atom. The zero-order valence-electron chi connectivity index (χ0n) is 19.4.